The Morgan fingerprint density at radius 2 is 1.78 bits per heavy atom. The molecule has 32 heavy (non-hydrogen) atoms. The zero-order valence-electron chi connectivity index (χ0n) is 18.2. The second kappa shape index (κ2) is 11.0. The number of carbonyl (C=O) groups is 2. The third-order valence-electron chi connectivity index (χ3n) is 5.95. The maximum Gasteiger partial charge on any atom is 0.273 e. The normalized spacial score (nSPS) is 15.1. The molecule has 2 aromatic heterocycles. The first-order valence-electron chi connectivity index (χ1n) is 11.3. The van der Waals surface area contributed by atoms with Gasteiger partial charge in [0.25, 0.3) is 5.91 Å². The molecule has 3 aromatic rings. The van der Waals surface area contributed by atoms with Gasteiger partial charge < -0.3 is 10.2 Å². The Kier molecular flexibility index (Phi) is 7.67. The lowest BCUT2D eigenvalue weighted by Gasteiger charge is -2.32. The minimum absolute atomic E-state index is 0.100. The molecular formula is C26H29N3O2S. The topological polar surface area (TPSA) is 62.3 Å². The predicted octanol–water partition coefficient (Wildman–Crippen LogP) is 5.02. The minimum Gasteiger partial charge on any atom is -0.351 e. The van der Waals surface area contributed by atoms with Crippen LogP contribution < -0.4 is 5.32 Å². The molecule has 166 valence electrons. The fourth-order valence-electron chi connectivity index (χ4n) is 4.28. The minimum atomic E-state index is -0.671. The molecule has 1 fully saturated rings. The third kappa shape index (κ3) is 5.62. The molecule has 0 unspecified atom stereocenters. The molecule has 0 saturated heterocycles. The Bertz CT molecular complexity index is 986. The van der Waals surface area contributed by atoms with Gasteiger partial charge in [-0.2, -0.15) is 0 Å². The Labute approximate surface area is 193 Å². The maximum absolute atomic E-state index is 13.6. The highest BCUT2D eigenvalue weighted by molar-refractivity contribution is 7.10. The zero-order chi connectivity index (χ0) is 22.2. The Balaban J connectivity index is 1.63. The summed E-state index contributed by atoms with van der Waals surface area (Å²) in [4.78, 5) is 34.0. The van der Waals surface area contributed by atoms with Crippen LogP contribution in [-0.2, 0) is 11.2 Å². The average molecular weight is 448 g/mol. The van der Waals surface area contributed by atoms with E-state index in [9.17, 15) is 9.59 Å². The smallest absolute Gasteiger partial charge is 0.273 e. The lowest BCUT2D eigenvalue weighted by molar-refractivity contribution is -0.126. The molecule has 1 saturated carbocycles. The number of carbonyl (C=O) groups excluding carboxylic acids is 2. The Morgan fingerprint density at radius 1 is 1.00 bits per heavy atom. The van der Waals surface area contributed by atoms with Crippen molar-refractivity contribution in [2.45, 2.75) is 50.6 Å². The molecule has 0 spiro atoms. The molecule has 1 aromatic carbocycles. The highest BCUT2D eigenvalue weighted by atomic mass is 32.1. The standard InChI is InChI=1S/C26H29N3O2S/c30-25(28-21-12-5-2-6-13-21)24(23-15-9-19-32-23)29(18-16-20-10-3-1-4-11-20)26(31)22-14-7-8-17-27-22/h1,3-4,7-11,14-15,17,19,21,24H,2,5-6,12-13,16,18H2,(H,28,30)/t24-/m0/s1. The van der Waals surface area contributed by atoms with Gasteiger partial charge in [-0.05, 0) is 48.4 Å². The first-order chi connectivity index (χ1) is 15.7. The van der Waals surface area contributed by atoms with Crippen molar-refractivity contribution < 1.29 is 9.59 Å². The molecule has 1 N–H and O–H groups in total. The molecule has 5 nitrogen and oxygen atoms in total. The number of benzene rings is 1. The van der Waals surface area contributed by atoms with Gasteiger partial charge in [-0.25, -0.2) is 0 Å². The molecule has 6 heteroatoms. The summed E-state index contributed by atoms with van der Waals surface area (Å²) in [5.74, 6) is -0.324. The summed E-state index contributed by atoms with van der Waals surface area (Å²) in [6, 6.07) is 18.7. The molecular weight excluding hydrogens is 418 g/mol. The predicted molar refractivity (Wildman–Crippen MR) is 127 cm³/mol. The third-order valence-corrected chi connectivity index (χ3v) is 6.88. The van der Waals surface area contributed by atoms with Crippen LogP contribution >= 0.6 is 11.3 Å². The zero-order valence-corrected chi connectivity index (χ0v) is 19.0. The summed E-state index contributed by atoms with van der Waals surface area (Å²) < 4.78 is 0. The SMILES string of the molecule is O=C(NC1CCCCC1)[C@H](c1cccs1)N(CCc1ccccc1)C(=O)c1ccccn1. The van der Waals surface area contributed by atoms with Gasteiger partial charge in [0, 0.05) is 23.7 Å². The number of hydrogen-bond donors (Lipinski definition) is 1. The summed E-state index contributed by atoms with van der Waals surface area (Å²) in [6.45, 7) is 0.431. The van der Waals surface area contributed by atoms with Crippen LogP contribution in [0.25, 0.3) is 0 Å². The van der Waals surface area contributed by atoms with Gasteiger partial charge >= 0.3 is 0 Å². The molecule has 1 aliphatic carbocycles. The van der Waals surface area contributed by atoms with Crippen molar-refractivity contribution in [1.82, 2.24) is 15.2 Å². The molecule has 0 radical (unpaired) electrons. The first kappa shape index (κ1) is 22.2. The van der Waals surface area contributed by atoms with Crippen molar-refractivity contribution in [3.05, 3.63) is 88.4 Å². The van der Waals surface area contributed by atoms with Crippen molar-refractivity contribution in [3.8, 4) is 0 Å². The number of rotatable bonds is 8. The highest BCUT2D eigenvalue weighted by Crippen LogP contribution is 2.28. The van der Waals surface area contributed by atoms with E-state index in [2.05, 4.69) is 10.3 Å². The van der Waals surface area contributed by atoms with Crippen molar-refractivity contribution in [2.24, 2.45) is 0 Å². The van der Waals surface area contributed by atoms with E-state index in [-0.39, 0.29) is 17.9 Å². The summed E-state index contributed by atoms with van der Waals surface area (Å²) in [5, 5.41) is 5.20. The summed E-state index contributed by atoms with van der Waals surface area (Å²) >= 11 is 1.51. The second-order valence-corrected chi connectivity index (χ2v) is 9.19. The van der Waals surface area contributed by atoms with Gasteiger partial charge in [-0.3, -0.25) is 14.6 Å². The van der Waals surface area contributed by atoms with Crippen LogP contribution in [0.15, 0.2) is 72.2 Å². The van der Waals surface area contributed by atoms with Gasteiger partial charge in [-0.15, -0.1) is 11.3 Å². The summed E-state index contributed by atoms with van der Waals surface area (Å²) in [5.41, 5.74) is 1.48. The number of thiophene rings is 1. The van der Waals surface area contributed by atoms with Gasteiger partial charge in [0.1, 0.15) is 11.7 Å². The van der Waals surface area contributed by atoms with Gasteiger partial charge in [-0.1, -0.05) is 61.7 Å². The van der Waals surface area contributed by atoms with Crippen molar-refractivity contribution in [3.63, 3.8) is 0 Å². The van der Waals surface area contributed by atoms with Gasteiger partial charge in [0.05, 0.1) is 0 Å². The van der Waals surface area contributed by atoms with Crippen LogP contribution in [-0.4, -0.2) is 34.3 Å². The summed E-state index contributed by atoms with van der Waals surface area (Å²) in [6.07, 6.45) is 7.78. The monoisotopic (exact) mass is 447 g/mol. The van der Waals surface area contributed by atoms with Crippen LogP contribution in [0.5, 0.6) is 0 Å². The van der Waals surface area contributed by atoms with Crippen LogP contribution in [0, 0.1) is 0 Å². The lowest BCUT2D eigenvalue weighted by atomic mass is 9.95. The number of nitrogens with zero attached hydrogens (tertiary/aromatic N) is 2. The van der Waals surface area contributed by atoms with E-state index < -0.39 is 6.04 Å². The van der Waals surface area contributed by atoms with E-state index in [4.69, 9.17) is 0 Å². The molecule has 1 aliphatic rings. The van der Waals surface area contributed by atoms with Crippen LogP contribution in [0.2, 0.25) is 0 Å². The van der Waals surface area contributed by atoms with Crippen LogP contribution in [0.1, 0.15) is 59.1 Å². The van der Waals surface area contributed by atoms with E-state index >= 15 is 0 Å². The fraction of sp³-hybridized carbons (Fsp3) is 0.346. The lowest BCUT2D eigenvalue weighted by Crippen LogP contribution is -2.47. The molecule has 4 rings (SSSR count). The van der Waals surface area contributed by atoms with Crippen molar-refractivity contribution in [1.29, 1.82) is 0 Å². The van der Waals surface area contributed by atoms with Crippen LogP contribution in [0.3, 0.4) is 0 Å². The first-order valence-corrected chi connectivity index (χ1v) is 12.2. The molecule has 0 bridgehead atoms. The number of aromatic nitrogens is 1. The molecule has 1 atom stereocenters. The second-order valence-electron chi connectivity index (χ2n) is 8.21. The molecule has 2 amide bonds. The van der Waals surface area contributed by atoms with E-state index in [1.165, 1.54) is 17.8 Å². The van der Waals surface area contributed by atoms with Crippen molar-refractivity contribution in [2.75, 3.05) is 6.54 Å². The number of pyridine rings is 1. The maximum atomic E-state index is 13.6. The van der Waals surface area contributed by atoms with Gasteiger partial charge in [0.2, 0.25) is 5.91 Å². The Hall–Kier alpha value is -2.99. The molecule has 2 heterocycles. The average Bonchev–Trinajstić information content (AvgIpc) is 3.37. The number of nitrogens with one attached hydrogen (secondary N) is 1. The van der Waals surface area contributed by atoms with E-state index in [1.54, 1.807) is 29.3 Å². The highest BCUT2D eigenvalue weighted by Gasteiger charge is 2.34. The van der Waals surface area contributed by atoms with E-state index in [0.717, 1.165) is 36.1 Å². The summed E-state index contributed by atoms with van der Waals surface area (Å²) in [7, 11) is 0. The van der Waals surface area contributed by atoms with Gasteiger partial charge in [0.15, 0.2) is 0 Å². The number of amides is 2. The largest absolute Gasteiger partial charge is 0.351 e. The quantitative estimate of drug-likeness (QED) is 0.527. The Morgan fingerprint density at radius 3 is 2.47 bits per heavy atom. The van der Waals surface area contributed by atoms with Crippen LogP contribution in [0.4, 0.5) is 0 Å². The van der Waals surface area contributed by atoms with E-state index in [1.807, 2.05) is 47.8 Å². The fourth-order valence-corrected chi connectivity index (χ4v) is 5.11. The number of hydrogen-bond acceptors (Lipinski definition) is 4. The van der Waals surface area contributed by atoms with Crippen molar-refractivity contribution >= 4 is 23.2 Å². The van der Waals surface area contributed by atoms with E-state index in [0.29, 0.717) is 18.7 Å². The molecule has 0 aliphatic heterocycles.